The molecule has 0 radical (unpaired) electrons. The second-order valence-corrected chi connectivity index (χ2v) is 3.53. The lowest BCUT2D eigenvalue weighted by atomic mass is 9.98. The Balaban J connectivity index is 2.08. The summed E-state index contributed by atoms with van der Waals surface area (Å²) in [5.41, 5.74) is 0.955. The summed E-state index contributed by atoms with van der Waals surface area (Å²) in [5.74, 6) is 0.763. The van der Waals surface area contributed by atoms with E-state index in [-0.39, 0.29) is 5.92 Å². The fourth-order valence-electron chi connectivity index (χ4n) is 1.44. The van der Waals surface area contributed by atoms with Crippen molar-refractivity contribution >= 4 is 0 Å². The van der Waals surface area contributed by atoms with E-state index in [4.69, 9.17) is 5.26 Å². The van der Waals surface area contributed by atoms with Gasteiger partial charge in [-0.1, -0.05) is 12.8 Å². The molecule has 1 aromatic rings. The number of aromatic nitrogens is 2. The lowest BCUT2D eigenvalue weighted by molar-refractivity contribution is 0.667. The molecule has 13 heavy (non-hydrogen) atoms. The molecule has 1 aliphatic carbocycles. The largest absolute Gasteiger partial charge is 0.244 e. The summed E-state index contributed by atoms with van der Waals surface area (Å²) >= 11 is 0. The van der Waals surface area contributed by atoms with Crippen LogP contribution in [0.3, 0.4) is 0 Å². The molecule has 0 amide bonds. The van der Waals surface area contributed by atoms with Crippen molar-refractivity contribution in [2.75, 3.05) is 0 Å². The molecule has 3 nitrogen and oxygen atoms in total. The van der Waals surface area contributed by atoms with Gasteiger partial charge >= 0.3 is 0 Å². The van der Waals surface area contributed by atoms with Gasteiger partial charge in [0.2, 0.25) is 0 Å². The van der Waals surface area contributed by atoms with Crippen LogP contribution >= 0.6 is 0 Å². The number of hydrogen-bond donors (Lipinski definition) is 0. The van der Waals surface area contributed by atoms with Crippen LogP contribution in [0.4, 0.5) is 0 Å². The van der Waals surface area contributed by atoms with Crippen molar-refractivity contribution in [3.8, 4) is 6.07 Å². The van der Waals surface area contributed by atoms with E-state index in [9.17, 15) is 0 Å². The van der Waals surface area contributed by atoms with Gasteiger partial charge in [0.1, 0.15) is 6.33 Å². The van der Waals surface area contributed by atoms with E-state index in [0.717, 1.165) is 17.9 Å². The summed E-state index contributed by atoms with van der Waals surface area (Å²) in [6.45, 7) is 0. The Labute approximate surface area is 77.4 Å². The van der Waals surface area contributed by atoms with Crippen LogP contribution in [0.5, 0.6) is 0 Å². The van der Waals surface area contributed by atoms with Gasteiger partial charge in [0.25, 0.3) is 0 Å². The maximum Gasteiger partial charge on any atom is 0.115 e. The maximum atomic E-state index is 8.95. The summed E-state index contributed by atoms with van der Waals surface area (Å²) in [6.07, 6.45) is 8.52. The van der Waals surface area contributed by atoms with Crippen LogP contribution in [0.25, 0.3) is 0 Å². The Morgan fingerprint density at radius 3 is 2.69 bits per heavy atom. The molecule has 1 heterocycles. The third-order valence-corrected chi connectivity index (χ3v) is 2.40. The van der Waals surface area contributed by atoms with Gasteiger partial charge < -0.3 is 0 Å². The molecule has 1 atom stereocenters. The van der Waals surface area contributed by atoms with Gasteiger partial charge in [-0.15, -0.1) is 0 Å². The topological polar surface area (TPSA) is 49.6 Å². The van der Waals surface area contributed by atoms with Gasteiger partial charge in [0, 0.05) is 18.0 Å². The minimum absolute atomic E-state index is 0.00583. The summed E-state index contributed by atoms with van der Waals surface area (Å²) in [6, 6.07) is 2.31. The monoisotopic (exact) mass is 173 g/mol. The van der Waals surface area contributed by atoms with E-state index < -0.39 is 0 Å². The number of nitrogens with zero attached hydrogens (tertiary/aromatic N) is 3. The van der Waals surface area contributed by atoms with Crippen LogP contribution < -0.4 is 0 Å². The van der Waals surface area contributed by atoms with Crippen molar-refractivity contribution in [1.82, 2.24) is 9.97 Å². The van der Waals surface area contributed by atoms with Crippen LogP contribution in [0, 0.1) is 17.2 Å². The van der Waals surface area contributed by atoms with E-state index in [1.807, 2.05) is 0 Å². The summed E-state index contributed by atoms with van der Waals surface area (Å²) in [5, 5.41) is 8.95. The molecule has 0 N–H and O–H groups in total. The Morgan fingerprint density at radius 1 is 1.46 bits per heavy atom. The zero-order valence-electron chi connectivity index (χ0n) is 7.35. The zero-order chi connectivity index (χ0) is 9.10. The smallest absolute Gasteiger partial charge is 0.115 e. The molecule has 0 unspecified atom stereocenters. The molecule has 1 aromatic heterocycles. The average molecular weight is 173 g/mol. The molecule has 0 spiro atoms. The lowest BCUT2D eigenvalue weighted by Gasteiger charge is -2.05. The van der Waals surface area contributed by atoms with E-state index >= 15 is 0 Å². The second-order valence-electron chi connectivity index (χ2n) is 3.53. The highest BCUT2D eigenvalue weighted by Gasteiger charge is 2.26. The molecular weight excluding hydrogens is 162 g/mol. The first-order valence-corrected chi connectivity index (χ1v) is 4.54. The average Bonchev–Trinajstić information content (AvgIpc) is 2.99. The third kappa shape index (κ3) is 2.03. The molecule has 0 saturated heterocycles. The molecule has 3 heteroatoms. The SMILES string of the molecule is N#C[C@@H](CC1CC1)c1cncnc1. The molecule has 0 aliphatic heterocycles. The summed E-state index contributed by atoms with van der Waals surface area (Å²) in [4.78, 5) is 7.84. The Morgan fingerprint density at radius 2 is 2.15 bits per heavy atom. The van der Waals surface area contributed by atoms with Crippen LogP contribution in [-0.4, -0.2) is 9.97 Å². The predicted octanol–water partition coefficient (Wildman–Crippen LogP) is 1.88. The first kappa shape index (κ1) is 8.18. The lowest BCUT2D eigenvalue weighted by Crippen LogP contribution is -1.98. The zero-order valence-corrected chi connectivity index (χ0v) is 7.35. The fraction of sp³-hybridized carbons (Fsp3) is 0.500. The van der Waals surface area contributed by atoms with Gasteiger partial charge in [0.15, 0.2) is 0 Å². The van der Waals surface area contributed by atoms with Crippen LogP contribution in [0.15, 0.2) is 18.7 Å². The molecule has 1 fully saturated rings. The van der Waals surface area contributed by atoms with Crippen LogP contribution in [-0.2, 0) is 0 Å². The maximum absolute atomic E-state index is 8.95. The highest BCUT2D eigenvalue weighted by molar-refractivity contribution is 5.18. The number of hydrogen-bond acceptors (Lipinski definition) is 3. The molecule has 1 saturated carbocycles. The van der Waals surface area contributed by atoms with Gasteiger partial charge in [-0.05, 0) is 12.3 Å². The Hall–Kier alpha value is -1.43. The number of rotatable bonds is 3. The van der Waals surface area contributed by atoms with Crippen molar-refractivity contribution in [2.45, 2.75) is 25.2 Å². The third-order valence-electron chi connectivity index (χ3n) is 2.40. The van der Waals surface area contributed by atoms with Gasteiger partial charge in [-0.3, -0.25) is 0 Å². The quantitative estimate of drug-likeness (QED) is 0.701. The molecule has 1 aliphatic rings. The van der Waals surface area contributed by atoms with Gasteiger partial charge in [-0.2, -0.15) is 5.26 Å². The van der Waals surface area contributed by atoms with Crippen molar-refractivity contribution < 1.29 is 0 Å². The summed E-state index contributed by atoms with van der Waals surface area (Å²) in [7, 11) is 0. The second kappa shape index (κ2) is 3.53. The predicted molar refractivity (Wildman–Crippen MR) is 47.7 cm³/mol. The first-order chi connectivity index (χ1) is 6.40. The highest BCUT2D eigenvalue weighted by atomic mass is 14.8. The molecular formula is C10H11N3. The number of nitriles is 1. The van der Waals surface area contributed by atoms with Crippen molar-refractivity contribution in [2.24, 2.45) is 5.92 Å². The van der Waals surface area contributed by atoms with Crippen molar-refractivity contribution in [1.29, 1.82) is 5.26 Å². The minimum Gasteiger partial charge on any atom is -0.244 e. The molecule has 66 valence electrons. The standard InChI is InChI=1S/C10H11N3/c11-4-9(3-8-1-2-8)10-5-12-7-13-6-10/h5-9H,1-3H2/t9-/m1/s1. The Kier molecular flexibility index (Phi) is 2.22. The van der Waals surface area contributed by atoms with Crippen molar-refractivity contribution in [3.05, 3.63) is 24.3 Å². The van der Waals surface area contributed by atoms with E-state index in [2.05, 4.69) is 16.0 Å². The highest BCUT2D eigenvalue weighted by Crippen LogP contribution is 2.37. The van der Waals surface area contributed by atoms with Crippen molar-refractivity contribution in [3.63, 3.8) is 0 Å². The molecule has 0 bridgehead atoms. The van der Waals surface area contributed by atoms with E-state index in [1.165, 1.54) is 19.2 Å². The molecule has 2 rings (SSSR count). The fourth-order valence-corrected chi connectivity index (χ4v) is 1.44. The molecule has 0 aromatic carbocycles. The van der Waals surface area contributed by atoms with Crippen LogP contribution in [0.2, 0.25) is 0 Å². The van der Waals surface area contributed by atoms with E-state index in [1.54, 1.807) is 12.4 Å². The van der Waals surface area contributed by atoms with E-state index in [0.29, 0.717) is 0 Å². The minimum atomic E-state index is -0.00583. The normalized spacial score (nSPS) is 17.8. The van der Waals surface area contributed by atoms with Gasteiger partial charge in [-0.25, -0.2) is 9.97 Å². The summed E-state index contributed by atoms with van der Waals surface area (Å²) < 4.78 is 0. The first-order valence-electron chi connectivity index (χ1n) is 4.54. The van der Waals surface area contributed by atoms with Crippen LogP contribution in [0.1, 0.15) is 30.7 Å². The van der Waals surface area contributed by atoms with Gasteiger partial charge in [0.05, 0.1) is 12.0 Å². The Bertz CT molecular complexity index is 311.